The number of anilines is 1. The molecule has 0 fully saturated rings. The van der Waals surface area contributed by atoms with Gasteiger partial charge in [-0.25, -0.2) is 9.97 Å². The van der Waals surface area contributed by atoms with Crippen molar-refractivity contribution in [1.82, 2.24) is 15.3 Å². The molecule has 7 heteroatoms. The van der Waals surface area contributed by atoms with Crippen molar-refractivity contribution in [3.05, 3.63) is 36.0 Å². The van der Waals surface area contributed by atoms with Gasteiger partial charge < -0.3 is 15.4 Å². The summed E-state index contributed by atoms with van der Waals surface area (Å²) < 4.78 is 5.72. The van der Waals surface area contributed by atoms with Crippen LogP contribution in [0.2, 0.25) is 0 Å². The van der Waals surface area contributed by atoms with Crippen molar-refractivity contribution in [1.29, 1.82) is 0 Å². The molecule has 2 N–H and O–H groups in total. The first-order valence-electron chi connectivity index (χ1n) is 7.70. The largest absolute Gasteiger partial charge is 0.492 e. The summed E-state index contributed by atoms with van der Waals surface area (Å²) in [6.45, 7) is 3.80. The van der Waals surface area contributed by atoms with Crippen LogP contribution in [-0.2, 0) is 11.3 Å². The van der Waals surface area contributed by atoms with Gasteiger partial charge in [-0.1, -0.05) is 17.4 Å². The number of thiazole rings is 1. The Kier molecular flexibility index (Phi) is 3.87. The molecule has 1 aliphatic rings. The predicted octanol–water partition coefficient (Wildman–Crippen LogP) is 2.80. The van der Waals surface area contributed by atoms with Crippen LogP contribution in [0.25, 0.3) is 21.5 Å². The molecule has 4 rings (SSSR count). The lowest BCUT2D eigenvalue weighted by atomic mass is 10.0. The number of benzene rings is 1. The summed E-state index contributed by atoms with van der Waals surface area (Å²) >= 11 is 1.37. The number of pyridine rings is 1. The van der Waals surface area contributed by atoms with E-state index in [9.17, 15) is 4.79 Å². The summed E-state index contributed by atoms with van der Waals surface area (Å²) in [6.07, 6.45) is 1.84. The number of rotatable bonds is 2. The maximum absolute atomic E-state index is 11.2. The maximum Gasteiger partial charge on any atom is 0.223 e. The van der Waals surface area contributed by atoms with Crippen molar-refractivity contribution < 1.29 is 9.53 Å². The van der Waals surface area contributed by atoms with Gasteiger partial charge in [0, 0.05) is 37.3 Å². The molecule has 3 aromatic rings. The Hall–Kier alpha value is -2.51. The number of carbonyl (C=O) groups excluding carboxylic acids is 1. The molecule has 0 atom stereocenters. The first-order chi connectivity index (χ1) is 11.7. The Morgan fingerprint density at radius 1 is 1.33 bits per heavy atom. The van der Waals surface area contributed by atoms with E-state index in [0.717, 1.165) is 45.9 Å². The standard InChI is InChI=1S/C17H16N4O2S/c1-10(22)20-17-21-14-7-12(9-19-16(14)24-17)11-2-3-15-13(6-11)8-18-4-5-23-15/h2-3,6-7,9,18H,4-5,8H2,1H3,(H,20,21,22). The monoisotopic (exact) mass is 340 g/mol. The van der Waals surface area contributed by atoms with Crippen LogP contribution in [0.5, 0.6) is 5.75 Å². The smallest absolute Gasteiger partial charge is 0.223 e. The van der Waals surface area contributed by atoms with E-state index in [1.165, 1.54) is 18.3 Å². The predicted molar refractivity (Wildman–Crippen MR) is 94.4 cm³/mol. The number of carbonyl (C=O) groups is 1. The van der Waals surface area contributed by atoms with E-state index >= 15 is 0 Å². The Morgan fingerprint density at radius 2 is 2.25 bits per heavy atom. The Bertz CT molecular complexity index is 922. The van der Waals surface area contributed by atoms with Gasteiger partial charge in [0.05, 0.1) is 0 Å². The van der Waals surface area contributed by atoms with Crippen LogP contribution in [0.1, 0.15) is 12.5 Å². The van der Waals surface area contributed by atoms with Crippen LogP contribution in [0.15, 0.2) is 30.5 Å². The van der Waals surface area contributed by atoms with Gasteiger partial charge in [0.2, 0.25) is 5.91 Å². The fourth-order valence-electron chi connectivity index (χ4n) is 2.68. The van der Waals surface area contributed by atoms with E-state index in [4.69, 9.17) is 4.74 Å². The average Bonchev–Trinajstić information content (AvgIpc) is 2.80. The highest BCUT2D eigenvalue weighted by Gasteiger charge is 2.12. The first-order valence-corrected chi connectivity index (χ1v) is 8.52. The average molecular weight is 340 g/mol. The number of fused-ring (bicyclic) bond motifs is 2. The second-order valence-corrected chi connectivity index (χ2v) is 6.57. The SMILES string of the molecule is CC(=O)Nc1nc2cc(-c3ccc4c(c3)CNCCO4)cnc2s1. The molecule has 0 saturated heterocycles. The summed E-state index contributed by atoms with van der Waals surface area (Å²) in [5.41, 5.74) is 3.99. The molecule has 0 unspecified atom stereocenters. The van der Waals surface area contributed by atoms with Gasteiger partial charge in [0.25, 0.3) is 0 Å². The molecule has 1 amide bonds. The molecule has 0 radical (unpaired) electrons. The van der Waals surface area contributed by atoms with Gasteiger partial charge in [0.1, 0.15) is 22.7 Å². The summed E-state index contributed by atoms with van der Waals surface area (Å²) in [7, 11) is 0. The number of hydrogen-bond acceptors (Lipinski definition) is 6. The van der Waals surface area contributed by atoms with E-state index in [-0.39, 0.29) is 5.91 Å². The fraction of sp³-hybridized carbons (Fsp3) is 0.235. The van der Waals surface area contributed by atoms with E-state index < -0.39 is 0 Å². The van der Waals surface area contributed by atoms with Gasteiger partial charge in [-0.15, -0.1) is 0 Å². The van der Waals surface area contributed by atoms with E-state index in [0.29, 0.717) is 11.7 Å². The van der Waals surface area contributed by atoms with Crippen LogP contribution >= 0.6 is 11.3 Å². The van der Waals surface area contributed by atoms with Crippen molar-refractivity contribution in [2.75, 3.05) is 18.5 Å². The third-order valence-electron chi connectivity index (χ3n) is 3.78. The topological polar surface area (TPSA) is 76.1 Å². The minimum absolute atomic E-state index is 0.132. The van der Waals surface area contributed by atoms with Crippen LogP contribution < -0.4 is 15.4 Å². The molecular weight excluding hydrogens is 324 g/mol. The second-order valence-electron chi connectivity index (χ2n) is 5.60. The minimum Gasteiger partial charge on any atom is -0.492 e. The Labute approximate surface area is 142 Å². The van der Waals surface area contributed by atoms with Crippen molar-refractivity contribution in [3.63, 3.8) is 0 Å². The highest BCUT2D eigenvalue weighted by molar-refractivity contribution is 7.21. The molecule has 0 spiro atoms. The zero-order valence-electron chi connectivity index (χ0n) is 13.1. The highest BCUT2D eigenvalue weighted by Crippen LogP contribution is 2.31. The first kappa shape index (κ1) is 15.0. The molecule has 24 heavy (non-hydrogen) atoms. The molecule has 122 valence electrons. The van der Waals surface area contributed by atoms with Crippen molar-refractivity contribution in [2.24, 2.45) is 0 Å². The lowest BCUT2D eigenvalue weighted by Crippen LogP contribution is -2.16. The number of aromatic nitrogens is 2. The van der Waals surface area contributed by atoms with Gasteiger partial charge in [0.15, 0.2) is 5.13 Å². The number of nitrogens with zero attached hydrogens (tertiary/aromatic N) is 2. The summed E-state index contributed by atoms with van der Waals surface area (Å²) in [5.74, 6) is 0.798. The zero-order valence-corrected chi connectivity index (χ0v) is 13.9. The lowest BCUT2D eigenvalue weighted by Gasteiger charge is -2.09. The number of nitrogens with one attached hydrogen (secondary N) is 2. The second kappa shape index (κ2) is 6.18. The molecule has 0 aliphatic carbocycles. The molecule has 0 saturated carbocycles. The molecule has 2 aromatic heterocycles. The quantitative estimate of drug-likeness (QED) is 0.750. The van der Waals surface area contributed by atoms with E-state index in [1.807, 2.05) is 24.4 Å². The Balaban J connectivity index is 1.71. The Morgan fingerprint density at radius 3 is 3.12 bits per heavy atom. The molecule has 6 nitrogen and oxygen atoms in total. The highest BCUT2D eigenvalue weighted by atomic mass is 32.1. The lowest BCUT2D eigenvalue weighted by molar-refractivity contribution is -0.114. The van der Waals surface area contributed by atoms with Crippen LogP contribution in [0, 0.1) is 0 Å². The third kappa shape index (κ3) is 2.95. The number of ether oxygens (including phenoxy) is 1. The van der Waals surface area contributed by atoms with Gasteiger partial charge in [-0.05, 0) is 23.8 Å². The van der Waals surface area contributed by atoms with Gasteiger partial charge in [-0.2, -0.15) is 0 Å². The molecular formula is C17H16N4O2S. The minimum atomic E-state index is -0.132. The zero-order chi connectivity index (χ0) is 16.5. The summed E-state index contributed by atoms with van der Waals surface area (Å²) in [4.78, 5) is 20.9. The molecule has 1 aromatic carbocycles. The van der Waals surface area contributed by atoms with Crippen molar-refractivity contribution in [3.8, 4) is 16.9 Å². The summed E-state index contributed by atoms with van der Waals surface area (Å²) in [6, 6.07) is 8.16. The summed E-state index contributed by atoms with van der Waals surface area (Å²) in [5, 5.41) is 6.62. The van der Waals surface area contributed by atoms with Gasteiger partial charge >= 0.3 is 0 Å². The van der Waals surface area contributed by atoms with Gasteiger partial charge in [-0.3, -0.25) is 4.79 Å². The van der Waals surface area contributed by atoms with Crippen molar-refractivity contribution in [2.45, 2.75) is 13.5 Å². The van der Waals surface area contributed by atoms with Crippen molar-refractivity contribution >= 4 is 32.7 Å². The maximum atomic E-state index is 11.2. The van der Waals surface area contributed by atoms with E-state index in [1.54, 1.807) is 0 Å². The number of hydrogen-bond donors (Lipinski definition) is 2. The molecule has 1 aliphatic heterocycles. The molecule has 3 heterocycles. The fourth-order valence-corrected chi connectivity index (χ4v) is 3.52. The van der Waals surface area contributed by atoms with E-state index in [2.05, 4.69) is 26.7 Å². The third-order valence-corrected chi connectivity index (χ3v) is 4.67. The van der Waals surface area contributed by atoms with Crippen LogP contribution in [-0.4, -0.2) is 29.0 Å². The number of amides is 1. The molecule has 0 bridgehead atoms. The normalized spacial score (nSPS) is 13.9. The van der Waals surface area contributed by atoms with Crippen LogP contribution in [0.3, 0.4) is 0 Å². The van der Waals surface area contributed by atoms with Crippen LogP contribution in [0.4, 0.5) is 5.13 Å².